The Labute approximate surface area is 133 Å². The van der Waals surface area contributed by atoms with Crippen molar-refractivity contribution in [2.75, 3.05) is 18.8 Å². The smallest absolute Gasteiger partial charge is 0.407 e. The van der Waals surface area contributed by atoms with E-state index in [-0.39, 0.29) is 11.7 Å². The van der Waals surface area contributed by atoms with E-state index in [2.05, 4.69) is 10.2 Å². The van der Waals surface area contributed by atoms with E-state index >= 15 is 0 Å². The number of aromatic hydroxyl groups is 1. The molecule has 23 heavy (non-hydrogen) atoms. The Morgan fingerprint density at radius 2 is 1.91 bits per heavy atom. The number of hydrogen-bond donors (Lipinski definition) is 3. The third-order valence-corrected chi connectivity index (χ3v) is 4.24. The first-order valence-electron chi connectivity index (χ1n) is 7.45. The summed E-state index contributed by atoms with van der Waals surface area (Å²) in [5.74, 6) is 0.641. The minimum atomic E-state index is -0.890. The van der Waals surface area contributed by atoms with Crippen LogP contribution in [0.5, 0.6) is 5.75 Å². The van der Waals surface area contributed by atoms with Gasteiger partial charge >= 0.3 is 6.09 Å². The van der Waals surface area contributed by atoms with Gasteiger partial charge in [0.1, 0.15) is 11.6 Å². The Kier molecular flexibility index (Phi) is 4.01. The van der Waals surface area contributed by atoms with E-state index in [1.165, 1.54) is 4.90 Å². The number of nitrogen functional groups attached to an aromatic ring is 1. The number of carbonyl (C=O) groups is 1. The second-order valence-corrected chi connectivity index (χ2v) is 5.63. The maximum Gasteiger partial charge on any atom is 0.407 e. The molecule has 0 saturated carbocycles. The molecule has 0 bridgehead atoms. The number of amides is 1. The fraction of sp³-hybridized carbons (Fsp3) is 0.312. The molecule has 1 fully saturated rings. The topological polar surface area (TPSA) is 113 Å². The quantitative estimate of drug-likeness (QED) is 0.784. The van der Waals surface area contributed by atoms with Crippen molar-refractivity contribution in [3.63, 3.8) is 0 Å². The summed E-state index contributed by atoms with van der Waals surface area (Å²) in [6, 6.07) is 8.77. The average Bonchev–Trinajstić information content (AvgIpc) is 2.56. The molecule has 3 rings (SSSR count). The number of carboxylic acid groups (broad SMARTS) is 1. The Hall–Kier alpha value is -2.83. The third kappa shape index (κ3) is 3.03. The lowest BCUT2D eigenvalue weighted by Gasteiger charge is -2.30. The van der Waals surface area contributed by atoms with E-state index in [4.69, 9.17) is 10.8 Å². The largest absolute Gasteiger partial charge is 0.507 e. The number of para-hydroxylation sites is 1. The summed E-state index contributed by atoms with van der Waals surface area (Å²) in [6.07, 6.45) is 0.504. The van der Waals surface area contributed by atoms with Crippen LogP contribution in [0.4, 0.5) is 10.6 Å². The van der Waals surface area contributed by atoms with Gasteiger partial charge in [0, 0.05) is 24.2 Å². The molecule has 2 heterocycles. The Morgan fingerprint density at radius 1 is 1.22 bits per heavy atom. The zero-order chi connectivity index (χ0) is 16.4. The maximum absolute atomic E-state index is 11.0. The Morgan fingerprint density at radius 3 is 2.57 bits per heavy atom. The first-order chi connectivity index (χ1) is 11.1. The van der Waals surface area contributed by atoms with Gasteiger partial charge in [-0.1, -0.05) is 12.1 Å². The van der Waals surface area contributed by atoms with Crippen LogP contribution in [0.15, 0.2) is 30.3 Å². The first kappa shape index (κ1) is 15.1. The SMILES string of the molecule is Nc1nnc(-c2ccccc2O)cc1C1CCN(C(=O)O)CC1. The molecule has 7 nitrogen and oxygen atoms in total. The van der Waals surface area contributed by atoms with Crippen molar-refractivity contribution < 1.29 is 15.0 Å². The normalized spacial score (nSPS) is 15.6. The predicted molar refractivity (Wildman–Crippen MR) is 85.1 cm³/mol. The fourth-order valence-corrected chi connectivity index (χ4v) is 2.95. The van der Waals surface area contributed by atoms with Crippen LogP contribution in [0.25, 0.3) is 11.3 Å². The number of aromatic nitrogens is 2. The zero-order valence-corrected chi connectivity index (χ0v) is 12.5. The van der Waals surface area contributed by atoms with Gasteiger partial charge in [0.15, 0.2) is 0 Å². The number of nitrogens with zero attached hydrogens (tertiary/aromatic N) is 3. The molecule has 1 aliphatic heterocycles. The number of piperidine rings is 1. The van der Waals surface area contributed by atoms with Crippen LogP contribution < -0.4 is 5.73 Å². The van der Waals surface area contributed by atoms with Gasteiger partial charge in [-0.3, -0.25) is 0 Å². The van der Waals surface area contributed by atoms with Gasteiger partial charge in [0.25, 0.3) is 0 Å². The summed E-state index contributed by atoms with van der Waals surface area (Å²) in [6.45, 7) is 0.960. The lowest BCUT2D eigenvalue weighted by Crippen LogP contribution is -2.37. The van der Waals surface area contributed by atoms with Gasteiger partial charge in [0.2, 0.25) is 0 Å². The number of likely N-dealkylation sites (tertiary alicyclic amines) is 1. The highest BCUT2D eigenvalue weighted by Crippen LogP contribution is 2.34. The van der Waals surface area contributed by atoms with E-state index in [0.717, 1.165) is 5.56 Å². The number of rotatable bonds is 2. The van der Waals surface area contributed by atoms with Crippen LogP contribution in [0, 0.1) is 0 Å². The van der Waals surface area contributed by atoms with Crippen LogP contribution in [-0.4, -0.2) is 44.5 Å². The lowest BCUT2D eigenvalue weighted by atomic mass is 9.89. The molecule has 0 atom stereocenters. The molecule has 120 valence electrons. The Bertz CT molecular complexity index is 727. The number of phenolic OH excluding ortho intramolecular Hbond substituents is 1. The summed E-state index contributed by atoms with van der Waals surface area (Å²) in [7, 11) is 0. The third-order valence-electron chi connectivity index (χ3n) is 4.24. The second kappa shape index (κ2) is 6.12. The van der Waals surface area contributed by atoms with Crippen molar-refractivity contribution in [2.45, 2.75) is 18.8 Å². The summed E-state index contributed by atoms with van der Waals surface area (Å²) in [5.41, 5.74) is 7.99. The van der Waals surface area contributed by atoms with Crippen LogP contribution in [0.3, 0.4) is 0 Å². The highest BCUT2D eigenvalue weighted by molar-refractivity contribution is 5.68. The highest BCUT2D eigenvalue weighted by atomic mass is 16.4. The minimum absolute atomic E-state index is 0.137. The number of phenols is 1. The van der Waals surface area contributed by atoms with Gasteiger partial charge in [-0.2, -0.15) is 0 Å². The molecule has 4 N–H and O–H groups in total. The molecule has 7 heteroatoms. The molecule has 0 spiro atoms. The summed E-state index contributed by atoms with van der Waals surface area (Å²) in [4.78, 5) is 12.4. The number of hydrogen-bond acceptors (Lipinski definition) is 5. The van der Waals surface area contributed by atoms with E-state index in [9.17, 15) is 9.90 Å². The first-order valence-corrected chi connectivity index (χ1v) is 7.45. The molecule has 0 unspecified atom stereocenters. The van der Waals surface area contributed by atoms with Gasteiger partial charge < -0.3 is 20.8 Å². The highest BCUT2D eigenvalue weighted by Gasteiger charge is 2.25. The zero-order valence-electron chi connectivity index (χ0n) is 12.5. The summed E-state index contributed by atoms with van der Waals surface area (Å²) in [5, 5.41) is 27.1. The van der Waals surface area contributed by atoms with Gasteiger partial charge in [-0.25, -0.2) is 4.79 Å². The molecular weight excluding hydrogens is 296 g/mol. The van der Waals surface area contributed by atoms with E-state index in [1.807, 2.05) is 12.1 Å². The van der Waals surface area contributed by atoms with E-state index < -0.39 is 6.09 Å². The van der Waals surface area contributed by atoms with Crippen molar-refractivity contribution in [1.82, 2.24) is 15.1 Å². The van der Waals surface area contributed by atoms with Gasteiger partial charge in [0.05, 0.1) is 5.69 Å². The molecule has 2 aromatic rings. The number of nitrogens with two attached hydrogens (primary N) is 1. The predicted octanol–water partition coefficient (Wildman–Crippen LogP) is 2.29. The lowest BCUT2D eigenvalue weighted by molar-refractivity contribution is 0.132. The van der Waals surface area contributed by atoms with Crippen molar-refractivity contribution >= 4 is 11.9 Å². The van der Waals surface area contributed by atoms with Crippen LogP contribution in [-0.2, 0) is 0 Å². The molecule has 0 aliphatic carbocycles. The van der Waals surface area contributed by atoms with E-state index in [0.29, 0.717) is 43.0 Å². The molecular formula is C16H18N4O3. The van der Waals surface area contributed by atoms with E-state index in [1.54, 1.807) is 18.2 Å². The second-order valence-electron chi connectivity index (χ2n) is 5.63. The van der Waals surface area contributed by atoms with Gasteiger partial charge in [-0.15, -0.1) is 10.2 Å². The van der Waals surface area contributed by atoms with Crippen molar-refractivity contribution in [3.05, 3.63) is 35.9 Å². The Balaban J connectivity index is 1.88. The monoisotopic (exact) mass is 314 g/mol. The van der Waals surface area contributed by atoms with Crippen molar-refractivity contribution in [1.29, 1.82) is 0 Å². The average molecular weight is 314 g/mol. The summed E-state index contributed by atoms with van der Waals surface area (Å²) < 4.78 is 0. The molecule has 1 aromatic heterocycles. The van der Waals surface area contributed by atoms with Crippen LogP contribution >= 0.6 is 0 Å². The van der Waals surface area contributed by atoms with Crippen molar-refractivity contribution in [2.24, 2.45) is 0 Å². The maximum atomic E-state index is 11.0. The molecule has 1 aromatic carbocycles. The molecule has 1 aliphatic rings. The van der Waals surface area contributed by atoms with Gasteiger partial charge in [-0.05, 0) is 37.0 Å². The fourth-order valence-electron chi connectivity index (χ4n) is 2.95. The standard InChI is InChI=1S/C16H18N4O3/c17-15-12(10-5-7-20(8-6-10)16(22)23)9-13(18-19-15)11-3-1-2-4-14(11)21/h1-4,9-10,21H,5-8H2,(H2,17,19)(H,22,23). The minimum Gasteiger partial charge on any atom is -0.507 e. The van der Waals surface area contributed by atoms with Crippen LogP contribution in [0.1, 0.15) is 24.3 Å². The summed E-state index contributed by atoms with van der Waals surface area (Å²) >= 11 is 0. The van der Waals surface area contributed by atoms with Crippen molar-refractivity contribution in [3.8, 4) is 17.0 Å². The number of benzene rings is 1. The molecule has 1 amide bonds. The molecule has 0 radical (unpaired) electrons. The molecule has 1 saturated heterocycles. The number of anilines is 1. The van der Waals surface area contributed by atoms with Crippen LogP contribution in [0.2, 0.25) is 0 Å².